The number of rotatable bonds is 4. The number of halogens is 1. The van der Waals surface area contributed by atoms with Crippen LogP contribution >= 0.6 is 0 Å². The maximum atomic E-state index is 13.9. The summed E-state index contributed by atoms with van der Waals surface area (Å²) in [6, 6.07) is 3.44. The van der Waals surface area contributed by atoms with Crippen molar-refractivity contribution in [2.75, 3.05) is 6.61 Å². The summed E-state index contributed by atoms with van der Waals surface area (Å²) in [5.74, 6) is -1.23. The molecule has 2 rings (SSSR count). The lowest BCUT2D eigenvalue weighted by atomic mass is 10.2. The Labute approximate surface area is 116 Å². The first kappa shape index (κ1) is 14.6. The zero-order chi connectivity index (χ0) is 15.6. The Morgan fingerprint density at radius 3 is 2.90 bits per heavy atom. The lowest BCUT2D eigenvalue weighted by molar-refractivity contribution is -0.384. The molecule has 21 heavy (non-hydrogen) atoms. The van der Waals surface area contributed by atoms with Crippen molar-refractivity contribution < 1.29 is 18.8 Å². The third-order valence-electron chi connectivity index (χ3n) is 2.70. The van der Waals surface area contributed by atoms with Crippen LogP contribution in [0.5, 0.6) is 0 Å². The third kappa shape index (κ3) is 2.71. The van der Waals surface area contributed by atoms with E-state index < -0.39 is 22.7 Å². The Kier molecular flexibility index (Phi) is 3.92. The van der Waals surface area contributed by atoms with Crippen LogP contribution in [0.4, 0.5) is 10.1 Å². The van der Waals surface area contributed by atoms with Crippen LogP contribution in [-0.2, 0) is 9.53 Å². The fourth-order valence-corrected chi connectivity index (χ4v) is 1.72. The number of esters is 1. The maximum Gasteiger partial charge on any atom is 0.362 e. The van der Waals surface area contributed by atoms with Crippen LogP contribution in [0.3, 0.4) is 0 Å². The molecule has 1 aromatic heterocycles. The quantitative estimate of drug-likeness (QED) is 0.479. The highest BCUT2D eigenvalue weighted by Crippen LogP contribution is 2.17. The van der Waals surface area contributed by atoms with E-state index in [0.29, 0.717) is 4.57 Å². The SMILES string of the molecule is CCOC(=O)C(F)n1cnc2ccc([N+](=O)[O-])cc2c1=O. The van der Waals surface area contributed by atoms with E-state index in [-0.39, 0.29) is 23.2 Å². The molecule has 9 heteroatoms. The van der Waals surface area contributed by atoms with Crippen molar-refractivity contribution in [2.24, 2.45) is 0 Å². The summed E-state index contributed by atoms with van der Waals surface area (Å²) < 4.78 is 18.8. The average molecular weight is 295 g/mol. The zero-order valence-electron chi connectivity index (χ0n) is 10.9. The highest BCUT2D eigenvalue weighted by molar-refractivity contribution is 5.80. The second-order valence-corrected chi connectivity index (χ2v) is 4.00. The van der Waals surface area contributed by atoms with Gasteiger partial charge in [-0.15, -0.1) is 0 Å². The number of fused-ring (bicyclic) bond motifs is 1. The number of ether oxygens (including phenoxy) is 1. The molecule has 0 radical (unpaired) electrons. The van der Waals surface area contributed by atoms with E-state index >= 15 is 0 Å². The number of benzene rings is 1. The van der Waals surface area contributed by atoms with E-state index in [1.54, 1.807) is 0 Å². The predicted molar refractivity (Wildman–Crippen MR) is 69.4 cm³/mol. The largest absolute Gasteiger partial charge is 0.462 e. The van der Waals surface area contributed by atoms with Gasteiger partial charge in [0.15, 0.2) is 0 Å². The second kappa shape index (κ2) is 5.65. The molecule has 0 aliphatic heterocycles. The molecule has 110 valence electrons. The molecule has 0 N–H and O–H groups in total. The Hall–Kier alpha value is -2.84. The van der Waals surface area contributed by atoms with Crippen LogP contribution in [0, 0.1) is 10.1 Å². The van der Waals surface area contributed by atoms with Crippen LogP contribution in [0.15, 0.2) is 29.3 Å². The van der Waals surface area contributed by atoms with Crippen molar-refractivity contribution in [3.8, 4) is 0 Å². The average Bonchev–Trinajstić information content (AvgIpc) is 2.47. The number of alkyl halides is 1. The summed E-state index contributed by atoms with van der Waals surface area (Å²) in [6.45, 7) is 1.45. The molecule has 0 saturated heterocycles. The van der Waals surface area contributed by atoms with E-state index in [1.165, 1.54) is 19.1 Å². The van der Waals surface area contributed by atoms with Gasteiger partial charge >= 0.3 is 5.97 Å². The topological polar surface area (TPSA) is 104 Å². The molecular formula is C12H10FN3O5. The highest BCUT2D eigenvalue weighted by Gasteiger charge is 2.23. The molecule has 1 atom stereocenters. The summed E-state index contributed by atoms with van der Waals surface area (Å²) in [5, 5.41) is 10.5. The number of carbonyl (C=O) groups is 1. The molecule has 1 unspecified atom stereocenters. The molecule has 2 aromatic rings. The Morgan fingerprint density at radius 2 is 2.29 bits per heavy atom. The third-order valence-corrected chi connectivity index (χ3v) is 2.70. The van der Waals surface area contributed by atoms with Gasteiger partial charge in [-0.25, -0.2) is 14.2 Å². The Balaban J connectivity index is 2.57. The van der Waals surface area contributed by atoms with Crippen LogP contribution in [0.1, 0.15) is 13.2 Å². The molecule has 1 heterocycles. The van der Waals surface area contributed by atoms with Crippen LogP contribution in [-0.4, -0.2) is 27.1 Å². The van der Waals surface area contributed by atoms with Crippen molar-refractivity contribution in [1.29, 1.82) is 0 Å². The van der Waals surface area contributed by atoms with E-state index in [0.717, 1.165) is 12.4 Å². The van der Waals surface area contributed by atoms with Gasteiger partial charge in [0, 0.05) is 12.1 Å². The molecule has 1 aromatic carbocycles. The minimum absolute atomic E-state index is 0.0412. The van der Waals surface area contributed by atoms with E-state index in [2.05, 4.69) is 9.72 Å². The van der Waals surface area contributed by atoms with E-state index in [1.807, 2.05) is 0 Å². The van der Waals surface area contributed by atoms with Gasteiger partial charge in [0.05, 0.1) is 22.4 Å². The van der Waals surface area contributed by atoms with E-state index in [9.17, 15) is 24.1 Å². The molecule has 0 saturated carbocycles. The number of non-ortho nitro benzene ring substituents is 1. The summed E-state index contributed by atoms with van der Waals surface area (Å²) in [7, 11) is 0. The number of nitrogens with zero attached hydrogens (tertiary/aromatic N) is 3. The van der Waals surface area contributed by atoms with Crippen LogP contribution in [0.2, 0.25) is 0 Å². The smallest absolute Gasteiger partial charge is 0.362 e. The molecular weight excluding hydrogens is 285 g/mol. The number of hydrogen-bond donors (Lipinski definition) is 0. The fourth-order valence-electron chi connectivity index (χ4n) is 1.72. The molecule has 0 aliphatic rings. The van der Waals surface area contributed by atoms with Crippen molar-refractivity contribution in [3.63, 3.8) is 0 Å². The van der Waals surface area contributed by atoms with Gasteiger partial charge < -0.3 is 4.74 Å². The molecule has 0 aliphatic carbocycles. The fraction of sp³-hybridized carbons (Fsp3) is 0.250. The predicted octanol–water partition coefficient (Wildman–Crippen LogP) is 1.34. The zero-order valence-corrected chi connectivity index (χ0v) is 10.9. The van der Waals surface area contributed by atoms with Crippen molar-refractivity contribution in [3.05, 3.63) is 45.0 Å². The lowest BCUT2D eigenvalue weighted by Crippen LogP contribution is -2.28. The second-order valence-electron chi connectivity index (χ2n) is 4.00. The molecule has 0 fully saturated rings. The molecule has 0 bridgehead atoms. The number of hydrogen-bond acceptors (Lipinski definition) is 6. The Bertz CT molecular complexity index is 773. The standard InChI is InChI=1S/C12H10FN3O5/c1-2-21-12(18)10(13)15-6-14-9-4-3-7(16(19)20)5-8(9)11(15)17/h3-6,10H,2H2,1H3. The summed E-state index contributed by atoms with van der Waals surface area (Å²) in [5.41, 5.74) is -1.06. The molecule has 8 nitrogen and oxygen atoms in total. The first-order valence-corrected chi connectivity index (χ1v) is 5.91. The van der Waals surface area contributed by atoms with Gasteiger partial charge in [-0.3, -0.25) is 19.5 Å². The van der Waals surface area contributed by atoms with Gasteiger partial charge in [0.25, 0.3) is 17.5 Å². The van der Waals surface area contributed by atoms with Gasteiger partial charge in [-0.2, -0.15) is 0 Å². The minimum Gasteiger partial charge on any atom is -0.462 e. The first-order valence-electron chi connectivity index (χ1n) is 5.91. The minimum atomic E-state index is -2.35. The van der Waals surface area contributed by atoms with Crippen molar-refractivity contribution in [2.45, 2.75) is 13.2 Å². The number of nitro benzene ring substituents is 1. The highest BCUT2D eigenvalue weighted by atomic mass is 19.1. The maximum absolute atomic E-state index is 13.9. The number of nitro groups is 1. The monoisotopic (exact) mass is 295 g/mol. The van der Waals surface area contributed by atoms with Crippen molar-refractivity contribution >= 4 is 22.6 Å². The lowest BCUT2D eigenvalue weighted by Gasteiger charge is -2.10. The molecule has 0 amide bonds. The summed E-state index contributed by atoms with van der Waals surface area (Å²) in [6.07, 6.45) is -1.49. The molecule has 0 spiro atoms. The van der Waals surface area contributed by atoms with Crippen LogP contribution in [0.25, 0.3) is 10.9 Å². The van der Waals surface area contributed by atoms with Gasteiger partial charge in [-0.1, -0.05) is 0 Å². The Morgan fingerprint density at radius 1 is 1.57 bits per heavy atom. The number of carbonyl (C=O) groups excluding carboxylic acids is 1. The van der Waals surface area contributed by atoms with Gasteiger partial charge in [-0.05, 0) is 13.0 Å². The van der Waals surface area contributed by atoms with Crippen LogP contribution < -0.4 is 5.56 Å². The number of aromatic nitrogens is 2. The van der Waals surface area contributed by atoms with Gasteiger partial charge in [0.1, 0.15) is 6.33 Å². The van der Waals surface area contributed by atoms with E-state index in [4.69, 9.17) is 0 Å². The van der Waals surface area contributed by atoms with Gasteiger partial charge in [0.2, 0.25) is 0 Å². The summed E-state index contributed by atoms with van der Waals surface area (Å²) in [4.78, 5) is 37.2. The first-order chi connectivity index (χ1) is 9.95. The van der Waals surface area contributed by atoms with Crippen molar-refractivity contribution in [1.82, 2.24) is 9.55 Å². The normalized spacial score (nSPS) is 12.1. The summed E-state index contributed by atoms with van der Waals surface area (Å²) >= 11 is 0.